The van der Waals surface area contributed by atoms with Crippen molar-refractivity contribution in [3.63, 3.8) is 0 Å². The highest BCUT2D eigenvalue weighted by atomic mass is 79.9. The molecule has 0 atom stereocenters. The lowest BCUT2D eigenvalue weighted by molar-refractivity contribution is 0.102. The van der Waals surface area contributed by atoms with E-state index in [0.29, 0.717) is 10.2 Å². The Morgan fingerprint density at radius 2 is 1.67 bits per heavy atom. The summed E-state index contributed by atoms with van der Waals surface area (Å²) in [5.41, 5.74) is 0.877. The number of carbonyl (C=O) groups excluding carboxylic acids is 1. The van der Waals surface area contributed by atoms with E-state index in [1.807, 2.05) is 18.2 Å². The van der Waals surface area contributed by atoms with E-state index >= 15 is 0 Å². The van der Waals surface area contributed by atoms with Crippen LogP contribution in [0.5, 0.6) is 5.75 Å². The highest BCUT2D eigenvalue weighted by molar-refractivity contribution is 9.11. The van der Waals surface area contributed by atoms with Gasteiger partial charge in [-0.15, -0.1) is 0 Å². The molecule has 2 N–H and O–H groups in total. The van der Waals surface area contributed by atoms with Gasteiger partial charge in [0.05, 0.1) is 15.7 Å². The van der Waals surface area contributed by atoms with E-state index in [9.17, 15) is 9.90 Å². The molecule has 0 aromatic heterocycles. The van der Waals surface area contributed by atoms with Crippen LogP contribution in [0.25, 0.3) is 0 Å². The summed E-state index contributed by atoms with van der Waals surface area (Å²) in [6.07, 6.45) is 0. The van der Waals surface area contributed by atoms with Crippen LogP contribution in [0.1, 0.15) is 10.4 Å². The first-order valence-corrected chi connectivity index (χ1v) is 6.71. The van der Waals surface area contributed by atoms with Crippen LogP contribution in [-0.2, 0) is 0 Å². The minimum Gasteiger partial charge on any atom is -0.506 e. The molecule has 0 bridgehead atoms. The van der Waals surface area contributed by atoms with Crippen LogP contribution in [0.4, 0.5) is 5.69 Å². The van der Waals surface area contributed by atoms with Crippen molar-refractivity contribution in [2.24, 2.45) is 0 Å². The van der Waals surface area contributed by atoms with Crippen LogP contribution in [0, 0.1) is 0 Å². The number of nitrogens with one attached hydrogen (secondary N) is 1. The van der Waals surface area contributed by atoms with Crippen molar-refractivity contribution in [3.05, 3.63) is 57.0 Å². The Morgan fingerprint density at radius 1 is 1.00 bits per heavy atom. The fraction of sp³-hybridized carbons (Fsp3) is 0. The summed E-state index contributed by atoms with van der Waals surface area (Å²) in [5.74, 6) is -0.428. The van der Waals surface area contributed by atoms with E-state index < -0.39 is 0 Å². The Kier molecular flexibility index (Phi) is 4.04. The molecule has 2 rings (SSSR count). The number of anilines is 1. The zero-order chi connectivity index (χ0) is 13.1. The normalized spacial score (nSPS) is 10.1. The molecule has 18 heavy (non-hydrogen) atoms. The Bertz CT molecular complexity index is 599. The molecule has 0 radical (unpaired) electrons. The molecule has 0 aliphatic carbocycles. The van der Waals surface area contributed by atoms with Gasteiger partial charge in [0.25, 0.3) is 5.91 Å². The van der Waals surface area contributed by atoms with Gasteiger partial charge in [-0.1, -0.05) is 18.2 Å². The monoisotopic (exact) mass is 369 g/mol. The first-order chi connectivity index (χ1) is 8.59. The number of aromatic hydroxyl groups is 1. The summed E-state index contributed by atoms with van der Waals surface area (Å²) < 4.78 is 1.27. The number of halogens is 2. The number of phenolic OH excluding ortho intramolecular Hbond substituents is 1. The van der Waals surface area contributed by atoms with Gasteiger partial charge in [-0.05, 0) is 56.1 Å². The maximum atomic E-state index is 12.0. The Balaban J connectivity index is 2.28. The molecule has 2 aromatic rings. The summed E-state index contributed by atoms with van der Waals surface area (Å²) in [5, 5.41) is 12.5. The first kappa shape index (κ1) is 13.1. The van der Waals surface area contributed by atoms with Crippen molar-refractivity contribution in [1.29, 1.82) is 0 Å². The summed E-state index contributed by atoms with van der Waals surface area (Å²) in [6, 6.07) is 12.2. The predicted molar refractivity (Wildman–Crippen MR) is 77.9 cm³/mol. The lowest BCUT2D eigenvalue weighted by Gasteiger charge is -2.09. The van der Waals surface area contributed by atoms with Gasteiger partial charge in [-0.3, -0.25) is 4.79 Å². The molecule has 2 aromatic carbocycles. The maximum absolute atomic E-state index is 12.0. The quantitative estimate of drug-likeness (QED) is 0.833. The molecule has 0 spiro atoms. The van der Waals surface area contributed by atoms with Crippen LogP contribution in [0.3, 0.4) is 0 Å². The SMILES string of the molecule is O=C(Nc1ccccc1Br)c1cccc(Br)c1O. The van der Waals surface area contributed by atoms with Crippen LogP contribution in [-0.4, -0.2) is 11.0 Å². The van der Waals surface area contributed by atoms with Crippen molar-refractivity contribution >= 4 is 43.5 Å². The summed E-state index contributed by atoms with van der Waals surface area (Å²) in [7, 11) is 0. The summed E-state index contributed by atoms with van der Waals surface area (Å²) in [4.78, 5) is 12.0. The molecule has 5 heteroatoms. The average molecular weight is 371 g/mol. The van der Waals surface area contributed by atoms with Gasteiger partial charge in [0.1, 0.15) is 5.75 Å². The lowest BCUT2D eigenvalue weighted by Crippen LogP contribution is -2.12. The van der Waals surface area contributed by atoms with Crippen molar-refractivity contribution in [3.8, 4) is 5.75 Å². The van der Waals surface area contributed by atoms with E-state index in [-0.39, 0.29) is 17.2 Å². The van der Waals surface area contributed by atoms with Gasteiger partial charge >= 0.3 is 0 Å². The van der Waals surface area contributed by atoms with E-state index in [4.69, 9.17) is 0 Å². The van der Waals surface area contributed by atoms with E-state index in [2.05, 4.69) is 37.2 Å². The molecule has 1 amide bonds. The third-order valence-corrected chi connectivity index (χ3v) is 3.68. The predicted octanol–water partition coefficient (Wildman–Crippen LogP) is 4.17. The number of carbonyl (C=O) groups is 1. The Labute approximate surface area is 121 Å². The number of benzene rings is 2. The molecule has 0 heterocycles. The highest BCUT2D eigenvalue weighted by Crippen LogP contribution is 2.29. The molecule has 0 aliphatic heterocycles. The number of rotatable bonds is 2. The standard InChI is InChI=1S/C13H9Br2NO2/c14-9-5-1-2-7-11(9)16-13(18)8-4-3-6-10(15)12(8)17/h1-7,17H,(H,16,18). The maximum Gasteiger partial charge on any atom is 0.259 e. The molecule has 3 nitrogen and oxygen atoms in total. The van der Waals surface area contributed by atoms with Crippen LogP contribution < -0.4 is 5.32 Å². The van der Waals surface area contributed by atoms with Gasteiger partial charge in [0.15, 0.2) is 0 Å². The first-order valence-electron chi connectivity index (χ1n) is 5.13. The highest BCUT2D eigenvalue weighted by Gasteiger charge is 2.13. The van der Waals surface area contributed by atoms with E-state index in [1.54, 1.807) is 24.3 Å². The topological polar surface area (TPSA) is 49.3 Å². The minimum absolute atomic E-state index is 0.0675. The third-order valence-electron chi connectivity index (χ3n) is 2.35. The lowest BCUT2D eigenvalue weighted by atomic mass is 10.2. The van der Waals surface area contributed by atoms with Gasteiger partial charge in [-0.2, -0.15) is 0 Å². The van der Waals surface area contributed by atoms with Crippen LogP contribution >= 0.6 is 31.9 Å². The van der Waals surface area contributed by atoms with E-state index in [0.717, 1.165) is 4.47 Å². The zero-order valence-electron chi connectivity index (χ0n) is 9.15. The number of amides is 1. The van der Waals surface area contributed by atoms with Crippen LogP contribution in [0.15, 0.2) is 51.4 Å². The number of para-hydroxylation sites is 2. The second kappa shape index (κ2) is 5.54. The molecule has 0 saturated heterocycles. The minimum atomic E-state index is -0.360. The molecule has 0 unspecified atom stereocenters. The second-order valence-corrected chi connectivity index (χ2v) is 5.28. The largest absolute Gasteiger partial charge is 0.506 e. The van der Waals surface area contributed by atoms with Gasteiger partial charge < -0.3 is 10.4 Å². The Morgan fingerprint density at radius 3 is 2.39 bits per heavy atom. The van der Waals surface area contributed by atoms with Gasteiger partial charge in [-0.25, -0.2) is 0 Å². The Hall–Kier alpha value is -1.33. The zero-order valence-corrected chi connectivity index (χ0v) is 12.3. The van der Waals surface area contributed by atoms with Crippen molar-refractivity contribution < 1.29 is 9.90 Å². The summed E-state index contributed by atoms with van der Waals surface area (Å²) in [6.45, 7) is 0. The number of hydrogen-bond acceptors (Lipinski definition) is 2. The van der Waals surface area contributed by atoms with Crippen molar-refractivity contribution in [2.75, 3.05) is 5.32 Å². The molecular formula is C13H9Br2NO2. The molecular weight excluding hydrogens is 362 g/mol. The molecule has 0 fully saturated rings. The van der Waals surface area contributed by atoms with Gasteiger partial charge in [0, 0.05) is 4.47 Å². The molecule has 0 saturated carbocycles. The number of hydrogen-bond donors (Lipinski definition) is 2. The fourth-order valence-electron chi connectivity index (χ4n) is 1.45. The average Bonchev–Trinajstić information content (AvgIpc) is 2.35. The summed E-state index contributed by atoms with van der Waals surface area (Å²) >= 11 is 6.52. The van der Waals surface area contributed by atoms with E-state index in [1.165, 1.54) is 0 Å². The molecule has 92 valence electrons. The smallest absolute Gasteiger partial charge is 0.259 e. The van der Waals surface area contributed by atoms with Gasteiger partial charge in [0.2, 0.25) is 0 Å². The number of phenols is 1. The molecule has 0 aliphatic rings. The fourth-order valence-corrected chi connectivity index (χ4v) is 2.20. The van der Waals surface area contributed by atoms with Crippen molar-refractivity contribution in [2.45, 2.75) is 0 Å². The van der Waals surface area contributed by atoms with Crippen molar-refractivity contribution in [1.82, 2.24) is 0 Å². The third kappa shape index (κ3) is 2.73. The van der Waals surface area contributed by atoms with Crippen LogP contribution in [0.2, 0.25) is 0 Å². The second-order valence-electron chi connectivity index (χ2n) is 3.57.